The Morgan fingerprint density at radius 1 is 1.43 bits per heavy atom. The minimum atomic E-state index is -0.949. The molecule has 0 amide bonds. The lowest BCUT2D eigenvalue weighted by molar-refractivity contribution is 0.112. The van der Waals surface area contributed by atoms with Crippen LogP contribution in [0.5, 0.6) is 5.75 Å². The summed E-state index contributed by atoms with van der Waals surface area (Å²) >= 11 is 5.73. The van der Waals surface area contributed by atoms with E-state index in [0.29, 0.717) is 6.29 Å². The predicted octanol–water partition coefficient (Wildman–Crippen LogP) is 3.80. The molecule has 0 radical (unpaired) electrons. The second-order valence-corrected chi connectivity index (χ2v) is 4.01. The van der Waals surface area contributed by atoms with Gasteiger partial charge >= 0.3 is 0 Å². The van der Waals surface area contributed by atoms with Gasteiger partial charge in [0.2, 0.25) is 0 Å². The highest BCUT2D eigenvalue weighted by molar-refractivity contribution is 6.31. The summed E-state index contributed by atoms with van der Waals surface area (Å²) in [6, 6.07) is 1.05. The fourth-order valence-corrected chi connectivity index (χ4v) is 1.45. The Bertz CT molecular complexity index is 587. The minimum Gasteiger partial charge on any atom is -0.506 e. The van der Waals surface area contributed by atoms with Gasteiger partial charge in [0.15, 0.2) is 12.1 Å². The molecule has 0 saturated heterocycles. The van der Waals surface area contributed by atoms with Crippen LogP contribution in [-0.2, 0) is 0 Å². The molecule has 1 rings (SSSR count). The van der Waals surface area contributed by atoms with Crippen LogP contribution in [0.4, 0.5) is 15.8 Å². The van der Waals surface area contributed by atoms with Crippen LogP contribution in [0.25, 0.3) is 0 Å². The Morgan fingerprint density at radius 2 is 1.96 bits per heavy atom. The predicted molar refractivity (Wildman–Crippen MR) is 94.3 cm³/mol. The molecule has 0 heterocycles. The molecular formula is C16H22ClFN2O3. The number of benzene rings is 1. The summed E-state index contributed by atoms with van der Waals surface area (Å²) in [5.74, 6) is -1.46. The van der Waals surface area contributed by atoms with Crippen molar-refractivity contribution in [3.63, 3.8) is 0 Å². The van der Waals surface area contributed by atoms with Gasteiger partial charge in [-0.2, -0.15) is 0 Å². The van der Waals surface area contributed by atoms with Crippen LogP contribution >= 0.6 is 11.6 Å². The largest absolute Gasteiger partial charge is 0.506 e. The molecule has 0 fully saturated rings. The van der Waals surface area contributed by atoms with Crippen molar-refractivity contribution in [2.45, 2.75) is 13.8 Å². The highest BCUT2D eigenvalue weighted by atomic mass is 35.5. The zero-order chi connectivity index (χ0) is 18.6. The normalized spacial score (nSPS) is 9.57. The number of halogens is 2. The van der Waals surface area contributed by atoms with Crippen molar-refractivity contribution in [1.29, 1.82) is 0 Å². The Balaban J connectivity index is 0. The molecule has 23 heavy (non-hydrogen) atoms. The number of hydrogen-bond donors (Lipinski definition) is 4. The first-order valence-corrected chi connectivity index (χ1v) is 6.95. The first-order valence-electron chi connectivity index (χ1n) is 6.57. The number of nitrogens with one attached hydrogen (secondary N) is 1. The van der Waals surface area contributed by atoms with Gasteiger partial charge in [0.25, 0.3) is 0 Å². The SMILES string of the molecule is C=C/C=C(/Nc1c(C=O)cc(O)c(N)c1F)C(=C)Cl.CC.CO. The average molecular weight is 345 g/mol. The molecule has 0 bridgehead atoms. The molecule has 0 unspecified atom stereocenters. The van der Waals surface area contributed by atoms with Gasteiger partial charge in [-0.3, -0.25) is 4.79 Å². The Hall–Kier alpha value is -2.31. The quantitative estimate of drug-likeness (QED) is 0.214. The van der Waals surface area contributed by atoms with E-state index in [1.807, 2.05) is 13.8 Å². The molecular weight excluding hydrogens is 323 g/mol. The molecule has 1 aromatic carbocycles. The van der Waals surface area contributed by atoms with Crippen LogP contribution in [0.2, 0.25) is 0 Å². The number of carbonyl (C=O) groups excluding carboxylic acids is 1. The van der Waals surface area contributed by atoms with Gasteiger partial charge < -0.3 is 21.3 Å². The van der Waals surface area contributed by atoms with E-state index in [1.54, 1.807) is 0 Å². The number of carbonyl (C=O) groups is 1. The third kappa shape index (κ3) is 6.54. The monoisotopic (exact) mass is 344 g/mol. The van der Waals surface area contributed by atoms with Gasteiger partial charge in [0, 0.05) is 12.7 Å². The van der Waals surface area contributed by atoms with Crippen LogP contribution in [0, 0.1) is 5.82 Å². The van der Waals surface area contributed by atoms with Gasteiger partial charge in [0.1, 0.15) is 11.4 Å². The lowest BCUT2D eigenvalue weighted by Crippen LogP contribution is -2.07. The maximum Gasteiger partial charge on any atom is 0.174 e. The number of nitrogen functional groups attached to an aromatic ring is 1. The lowest BCUT2D eigenvalue weighted by Gasteiger charge is -2.14. The topological polar surface area (TPSA) is 95.6 Å². The number of aldehydes is 1. The van der Waals surface area contributed by atoms with Gasteiger partial charge in [-0.1, -0.05) is 44.7 Å². The van der Waals surface area contributed by atoms with E-state index < -0.39 is 17.3 Å². The highest BCUT2D eigenvalue weighted by Crippen LogP contribution is 2.33. The third-order valence-corrected chi connectivity index (χ3v) is 2.48. The third-order valence-electron chi connectivity index (χ3n) is 2.28. The summed E-state index contributed by atoms with van der Waals surface area (Å²) in [5.41, 5.74) is 4.85. The molecule has 5 nitrogen and oxygen atoms in total. The van der Waals surface area contributed by atoms with Crippen LogP contribution in [0.15, 0.2) is 42.1 Å². The second-order valence-electron chi connectivity index (χ2n) is 3.55. The molecule has 128 valence electrons. The Labute approximate surface area is 140 Å². The number of aliphatic hydroxyl groups is 1. The lowest BCUT2D eigenvalue weighted by atomic mass is 10.1. The molecule has 0 aromatic heterocycles. The van der Waals surface area contributed by atoms with Gasteiger partial charge in [0.05, 0.1) is 16.4 Å². The smallest absolute Gasteiger partial charge is 0.174 e. The van der Waals surface area contributed by atoms with E-state index in [9.17, 15) is 14.3 Å². The summed E-state index contributed by atoms with van der Waals surface area (Å²) in [5, 5.41) is 19.1. The number of allylic oxidation sites excluding steroid dienone is 3. The fourth-order valence-electron chi connectivity index (χ4n) is 1.34. The van der Waals surface area contributed by atoms with Crippen molar-refractivity contribution in [1.82, 2.24) is 0 Å². The van der Waals surface area contributed by atoms with Crippen molar-refractivity contribution in [3.05, 3.63) is 53.5 Å². The maximum absolute atomic E-state index is 13.9. The van der Waals surface area contributed by atoms with Crippen molar-refractivity contribution >= 4 is 29.3 Å². The standard InChI is InChI=1S/C13H12ClFN2O2.C2H6.CH4O/c1-3-4-9(7(2)14)17-13-8(6-18)5-10(19)12(16)11(13)15;2*1-2/h3-6,17,19H,1-2,16H2;1-2H3;2H,1H3/b9-4+;;. The number of nitrogens with two attached hydrogens (primary N) is 1. The number of phenols is 1. The van der Waals surface area contributed by atoms with E-state index in [1.165, 1.54) is 12.2 Å². The van der Waals surface area contributed by atoms with E-state index >= 15 is 0 Å². The molecule has 0 aliphatic carbocycles. The molecule has 0 saturated carbocycles. The number of aliphatic hydroxyl groups excluding tert-OH is 1. The van der Waals surface area contributed by atoms with Crippen LogP contribution in [0.1, 0.15) is 24.2 Å². The number of hydrogen-bond acceptors (Lipinski definition) is 5. The number of aromatic hydroxyl groups is 1. The summed E-state index contributed by atoms with van der Waals surface area (Å²) in [6.45, 7) is 11.0. The van der Waals surface area contributed by atoms with Crippen molar-refractivity contribution < 1.29 is 19.4 Å². The molecule has 0 aliphatic heterocycles. The Morgan fingerprint density at radius 3 is 2.35 bits per heavy atom. The fraction of sp³-hybridized carbons (Fsp3) is 0.188. The van der Waals surface area contributed by atoms with Gasteiger partial charge in [-0.15, -0.1) is 0 Å². The Kier molecular flexibility index (Phi) is 12.2. The number of rotatable bonds is 5. The second kappa shape index (κ2) is 12.3. The molecule has 1 aromatic rings. The first-order chi connectivity index (χ1) is 10.9. The van der Waals surface area contributed by atoms with E-state index in [4.69, 9.17) is 22.4 Å². The molecule has 5 N–H and O–H groups in total. The molecule has 0 spiro atoms. The molecule has 7 heteroatoms. The summed E-state index contributed by atoms with van der Waals surface area (Å²) in [7, 11) is 1.00. The summed E-state index contributed by atoms with van der Waals surface area (Å²) in [4.78, 5) is 10.9. The average Bonchev–Trinajstić information content (AvgIpc) is 2.57. The zero-order valence-corrected chi connectivity index (χ0v) is 14.1. The van der Waals surface area contributed by atoms with E-state index in [0.717, 1.165) is 13.2 Å². The van der Waals surface area contributed by atoms with Crippen molar-refractivity contribution in [2.24, 2.45) is 0 Å². The summed E-state index contributed by atoms with van der Waals surface area (Å²) < 4.78 is 13.9. The van der Waals surface area contributed by atoms with E-state index in [-0.39, 0.29) is 22.0 Å². The van der Waals surface area contributed by atoms with Crippen molar-refractivity contribution in [3.8, 4) is 5.75 Å². The van der Waals surface area contributed by atoms with Gasteiger partial charge in [-0.05, 0) is 12.1 Å². The minimum absolute atomic E-state index is 0.0998. The van der Waals surface area contributed by atoms with Crippen LogP contribution in [-0.4, -0.2) is 23.6 Å². The highest BCUT2D eigenvalue weighted by Gasteiger charge is 2.17. The number of anilines is 2. The maximum atomic E-state index is 13.9. The van der Waals surface area contributed by atoms with Crippen LogP contribution in [0.3, 0.4) is 0 Å². The zero-order valence-electron chi connectivity index (χ0n) is 13.4. The van der Waals surface area contributed by atoms with Crippen molar-refractivity contribution in [2.75, 3.05) is 18.2 Å². The number of phenolic OH excluding ortho intramolecular Hbond substituents is 1. The van der Waals surface area contributed by atoms with Gasteiger partial charge in [-0.25, -0.2) is 4.39 Å². The van der Waals surface area contributed by atoms with Crippen LogP contribution < -0.4 is 11.1 Å². The van der Waals surface area contributed by atoms with E-state index in [2.05, 4.69) is 18.5 Å². The molecule has 0 atom stereocenters. The summed E-state index contributed by atoms with van der Waals surface area (Å²) in [6.07, 6.45) is 3.25. The molecule has 0 aliphatic rings. The first kappa shape index (κ1) is 23.0.